The van der Waals surface area contributed by atoms with Crippen LogP contribution in [0.4, 0.5) is 0 Å². The fraction of sp³-hybridized carbons (Fsp3) is 0.500. The Kier molecular flexibility index (Phi) is 4.54. The molecule has 0 aromatic rings. The average molecular weight is 90.6 g/mol. The van der Waals surface area contributed by atoms with E-state index < -0.39 is 0 Å². The maximum Gasteiger partial charge on any atom is 0.0254 e. The number of alkyl halides is 1. The minimum absolute atomic E-state index is 0.628. The van der Waals surface area contributed by atoms with Crippen molar-refractivity contribution in [2.75, 3.05) is 5.88 Å². The largest absolute Gasteiger partial charge is 0.126 e. The molecule has 0 aliphatic heterocycles. The van der Waals surface area contributed by atoms with Gasteiger partial charge in [0, 0.05) is 5.88 Å². The first-order valence-electron chi connectivity index (χ1n) is 1.58. The molecule has 0 nitrogen and oxygen atoms in total. The highest BCUT2D eigenvalue weighted by atomic mass is 35.5. The summed E-state index contributed by atoms with van der Waals surface area (Å²) >= 11 is 5.21. The van der Waals surface area contributed by atoms with Gasteiger partial charge < -0.3 is 0 Å². The maximum absolute atomic E-state index is 5.21. The molecule has 2 radical (unpaired) electrons. The molecule has 30 valence electrons. The molecule has 0 spiro atoms. The molecule has 1 heteroatoms. The van der Waals surface area contributed by atoms with Gasteiger partial charge in [-0.15, -0.1) is 11.6 Å². The summed E-state index contributed by atoms with van der Waals surface area (Å²) in [5, 5.41) is 0. The first-order valence-corrected chi connectivity index (χ1v) is 2.12. The van der Waals surface area contributed by atoms with Crippen LogP contribution in [0.25, 0.3) is 0 Å². The molecule has 0 unspecified atom stereocenters. The van der Waals surface area contributed by atoms with Crippen LogP contribution in [0.15, 0.2) is 0 Å². The van der Waals surface area contributed by atoms with Crippen molar-refractivity contribution in [1.29, 1.82) is 0 Å². The molecule has 0 amide bonds. The van der Waals surface area contributed by atoms with Crippen molar-refractivity contribution < 1.29 is 0 Å². The lowest BCUT2D eigenvalue weighted by Gasteiger charge is -1.76. The van der Waals surface area contributed by atoms with E-state index >= 15 is 0 Å². The van der Waals surface area contributed by atoms with Gasteiger partial charge in [0.05, 0.1) is 0 Å². The van der Waals surface area contributed by atoms with Gasteiger partial charge in [0.1, 0.15) is 0 Å². The molecular formula is C4H7Cl. The zero-order valence-electron chi connectivity index (χ0n) is 3.08. The van der Waals surface area contributed by atoms with Crippen LogP contribution >= 0.6 is 11.6 Å². The van der Waals surface area contributed by atoms with Crippen LogP contribution in [0.1, 0.15) is 6.42 Å². The number of hydrogen-bond acceptors (Lipinski definition) is 0. The van der Waals surface area contributed by atoms with Gasteiger partial charge in [0.2, 0.25) is 0 Å². The van der Waals surface area contributed by atoms with Gasteiger partial charge >= 0.3 is 0 Å². The van der Waals surface area contributed by atoms with Gasteiger partial charge in [-0.05, 0) is 12.8 Å². The molecule has 0 heterocycles. The van der Waals surface area contributed by atoms with Crippen molar-refractivity contribution in [2.45, 2.75) is 6.42 Å². The van der Waals surface area contributed by atoms with E-state index in [1.54, 1.807) is 0 Å². The summed E-state index contributed by atoms with van der Waals surface area (Å²) < 4.78 is 0. The van der Waals surface area contributed by atoms with Crippen LogP contribution in [0.5, 0.6) is 0 Å². The third-order valence-electron chi connectivity index (χ3n) is 0.313. The standard InChI is InChI=1S/C4H7Cl/c1-2-3-4-5/h3H,1-2,4H2. The Morgan fingerprint density at radius 2 is 2.40 bits per heavy atom. The Morgan fingerprint density at radius 1 is 1.80 bits per heavy atom. The molecule has 0 saturated heterocycles. The van der Waals surface area contributed by atoms with Crippen LogP contribution in [0.2, 0.25) is 0 Å². The second-order valence-electron chi connectivity index (χ2n) is 0.732. The SMILES string of the molecule is [CH2]C[CH]CCl. The van der Waals surface area contributed by atoms with Crippen LogP contribution in [-0.4, -0.2) is 5.88 Å². The Bertz CT molecular complexity index is 11.1. The first-order chi connectivity index (χ1) is 2.41. The van der Waals surface area contributed by atoms with Crippen LogP contribution in [0, 0.1) is 13.3 Å². The van der Waals surface area contributed by atoms with Crippen molar-refractivity contribution in [1.82, 2.24) is 0 Å². The van der Waals surface area contributed by atoms with Crippen LogP contribution < -0.4 is 0 Å². The van der Waals surface area contributed by atoms with E-state index in [1.165, 1.54) is 0 Å². The minimum atomic E-state index is 0.628. The molecule has 0 N–H and O–H groups in total. The van der Waals surface area contributed by atoms with Gasteiger partial charge in [0.25, 0.3) is 0 Å². The number of rotatable bonds is 2. The molecular weight excluding hydrogens is 83.5 g/mol. The summed E-state index contributed by atoms with van der Waals surface area (Å²) in [6.45, 7) is 3.54. The summed E-state index contributed by atoms with van der Waals surface area (Å²) in [5.74, 6) is 0.628. The molecule has 0 aliphatic carbocycles. The molecule has 0 bridgehead atoms. The highest BCUT2D eigenvalue weighted by Gasteiger charge is 1.71. The minimum Gasteiger partial charge on any atom is -0.126 e. The van der Waals surface area contributed by atoms with Crippen molar-refractivity contribution in [3.63, 3.8) is 0 Å². The van der Waals surface area contributed by atoms with Gasteiger partial charge in [-0.2, -0.15) is 0 Å². The third-order valence-corrected chi connectivity index (χ3v) is 0.531. The average Bonchev–Trinajstić information content (AvgIpc) is 1.41. The molecule has 0 saturated carbocycles. The number of hydrogen-bond donors (Lipinski definition) is 0. The quantitative estimate of drug-likeness (QED) is 0.453. The van der Waals surface area contributed by atoms with E-state index in [-0.39, 0.29) is 0 Å². The first kappa shape index (κ1) is 5.29. The lowest BCUT2D eigenvalue weighted by molar-refractivity contribution is 1.22. The van der Waals surface area contributed by atoms with Gasteiger partial charge in [-0.25, -0.2) is 0 Å². The van der Waals surface area contributed by atoms with Gasteiger partial charge in [-0.3, -0.25) is 0 Å². The smallest absolute Gasteiger partial charge is 0.0254 e. The van der Waals surface area contributed by atoms with Gasteiger partial charge in [0.15, 0.2) is 0 Å². The normalized spacial score (nSPS) is 8.40. The van der Waals surface area contributed by atoms with Crippen molar-refractivity contribution in [3.8, 4) is 0 Å². The Labute approximate surface area is 38.1 Å². The predicted octanol–water partition coefficient (Wildman–Crippen LogP) is 1.65. The molecule has 5 heavy (non-hydrogen) atoms. The summed E-state index contributed by atoms with van der Waals surface area (Å²) in [5.41, 5.74) is 0. The van der Waals surface area contributed by atoms with Gasteiger partial charge in [-0.1, -0.05) is 6.92 Å². The van der Waals surface area contributed by atoms with E-state index in [0.29, 0.717) is 5.88 Å². The highest BCUT2D eigenvalue weighted by Crippen LogP contribution is 1.84. The lowest BCUT2D eigenvalue weighted by atomic mass is 10.4. The third kappa shape index (κ3) is 4.29. The summed E-state index contributed by atoms with van der Waals surface area (Å²) in [4.78, 5) is 0. The van der Waals surface area contributed by atoms with Crippen molar-refractivity contribution in [2.24, 2.45) is 0 Å². The highest BCUT2D eigenvalue weighted by molar-refractivity contribution is 6.18. The molecule has 0 fully saturated rings. The summed E-state index contributed by atoms with van der Waals surface area (Å²) in [6, 6.07) is 0. The predicted molar refractivity (Wildman–Crippen MR) is 25.0 cm³/mol. The second-order valence-corrected chi connectivity index (χ2v) is 1.04. The zero-order chi connectivity index (χ0) is 4.12. The molecule has 0 aromatic heterocycles. The summed E-state index contributed by atoms with van der Waals surface area (Å²) in [7, 11) is 0. The topological polar surface area (TPSA) is 0 Å². The fourth-order valence-electron chi connectivity index (χ4n) is 0.0772. The van der Waals surface area contributed by atoms with E-state index in [9.17, 15) is 0 Å². The zero-order valence-corrected chi connectivity index (χ0v) is 3.83. The number of halogens is 1. The molecule has 0 atom stereocenters. The maximum atomic E-state index is 5.21. The second kappa shape index (κ2) is 4.29. The van der Waals surface area contributed by atoms with Crippen LogP contribution in [-0.2, 0) is 0 Å². The lowest BCUT2D eigenvalue weighted by Crippen LogP contribution is -1.67. The molecule has 0 aliphatic rings. The summed E-state index contributed by atoms with van der Waals surface area (Å²) in [6.07, 6.45) is 2.74. The van der Waals surface area contributed by atoms with E-state index in [1.807, 2.05) is 6.42 Å². The fourth-order valence-corrected chi connectivity index (χ4v) is 0.231. The van der Waals surface area contributed by atoms with Crippen molar-refractivity contribution in [3.05, 3.63) is 13.3 Å². The number of unbranched alkanes of at least 4 members (excludes halogenated alkanes) is 1. The molecule has 0 rings (SSSR count). The molecule has 0 aromatic carbocycles. The van der Waals surface area contributed by atoms with E-state index in [2.05, 4.69) is 6.92 Å². The van der Waals surface area contributed by atoms with Crippen LogP contribution in [0.3, 0.4) is 0 Å². The van der Waals surface area contributed by atoms with E-state index in [0.717, 1.165) is 6.42 Å². The Morgan fingerprint density at radius 3 is 2.40 bits per heavy atom. The van der Waals surface area contributed by atoms with Crippen molar-refractivity contribution >= 4 is 11.6 Å². The van der Waals surface area contributed by atoms with E-state index in [4.69, 9.17) is 11.6 Å². The Hall–Kier alpha value is 0.290. The monoisotopic (exact) mass is 90.0 g/mol. The Balaban J connectivity index is 2.19.